The fourth-order valence-corrected chi connectivity index (χ4v) is 4.16. The number of hydrogen-bond donors (Lipinski definition) is 1. The highest BCUT2D eigenvalue weighted by Crippen LogP contribution is 2.35. The van der Waals surface area contributed by atoms with E-state index < -0.39 is 0 Å². The zero-order chi connectivity index (χ0) is 13.2. The molecular formula is C14H11ClN2S2. The number of fused-ring (bicyclic) bond motifs is 1. The number of nitrogens with two attached hydrogens (primary N) is 1. The van der Waals surface area contributed by atoms with Crippen LogP contribution in [0.5, 0.6) is 0 Å². The Balaban J connectivity index is 1.90. The van der Waals surface area contributed by atoms with Crippen LogP contribution in [0, 0.1) is 0 Å². The van der Waals surface area contributed by atoms with Crippen LogP contribution in [0.15, 0.2) is 51.7 Å². The Kier molecular flexibility index (Phi) is 3.75. The molecule has 0 radical (unpaired) electrons. The number of para-hydroxylation sites is 1. The Morgan fingerprint density at radius 3 is 2.79 bits per heavy atom. The Morgan fingerprint density at radius 2 is 2.05 bits per heavy atom. The molecule has 1 aromatic heterocycles. The Bertz CT molecular complexity index is 691. The summed E-state index contributed by atoms with van der Waals surface area (Å²) in [5.74, 6) is 0. The zero-order valence-corrected chi connectivity index (χ0v) is 12.4. The molecule has 0 saturated heterocycles. The Hall–Kier alpha value is -1.07. The third-order valence-electron chi connectivity index (χ3n) is 2.72. The number of benzene rings is 2. The molecule has 0 bridgehead atoms. The molecule has 2 aromatic carbocycles. The summed E-state index contributed by atoms with van der Waals surface area (Å²) in [6.45, 7) is 0.463. The largest absolute Gasteiger partial charge is 0.326 e. The van der Waals surface area contributed by atoms with Crippen LogP contribution >= 0.6 is 34.7 Å². The van der Waals surface area contributed by atoms with Crippen LogP contribution < -0.4 is 5.73 Å². The first-order valence-electron chi connectivity index (χ1n) is 5.78. The van der Waals surface area contributed by atoms with E-state index in [9.17, 15) is 0 Å². The normalized spacial score (nSPS) is 11.1. The van der Waals surface area contributed by atoms with Crippen LogP contribution in [0.4, 0.5) is 0 Å². The lowest BCUT2D eigenvalue weighted by Crippen LogP contribution is -1.96. The van der Waals surface area contributed by atoms with E-state index in [1.807, 2.05) is 36.4 Å². The summed E-state index contributed by atoms with van der Waals surface area (Å²) in [7, 11) is 0. The predicted molar refractivity (Wildman–Crippen MR) is 83.1 cm³/mol. The van der Waals surface area contributed by atoms with Crippen LogP contribution in [0.3, 0.4) is 0 Å². The number of nitrogens with zero attached hydrogens (tertiary/aromatic N) is 1. The SMILES string of the molecule is NCc1ccc(Sc2nc3ccccc3s2)cc1Cl. The molecule has 0 amide bonds. The van der Waals surface area contributed by atoms with Gasteiger partial charge < -0.3 is 5.73 Å². The van der Waals surface area contributed by atoms with Crippen LogP contribution in [0.25, 0.3) is 10.2 Å². The van der Waals surface area contributed by atoms with Crippen molar-refractivity contribution < 1.29 is 0 Å². The number of thiazole rings is 1. The molecule has 0 aliphatic rings. The summed E-state index contributed by atoms with van der Waals surface area (Å²) < 4.78 is 2.23. The lowest BCUT2D eigenvalue weighted by atomic mass is 10.2. The summed E-state index contributed by atoms with van der Waals surface area (Å²) in [5.41, 5.74) is 7.61. The van der Waals surface area contributed by atoms with Crippen molar-refractivity contribution in [2.24, 2.45) is 5.73 Å². The maximum Gasteiger partial charge on any atom is 0.155 e. The highest BCUT2D eigenvalue weighted by molar-refractivity contribution is 8.01. The number of aromatic nitrogens is 1. The molecule has 5 heteroatoms. The first-order valence-corrected chi connectivity index (χ1v) is 7.79. The monoisotopic (exact) mass is 306 g/mol. The Morgan fingerprint density at radius 1 is 1.21 bits per heavy atom. The lowest BCUT2D eigenvalue weighted by molar-refractivity contribution is 1.07. The van der Waals surface area contributed by atoms with Crippen molar-refractivity contribution in [3.63, 3.8) is 0 Å². The molecule has 3 aromatic rings. The van der Waals surface area contributed by atoms with E-state index >= 15 is 0 Å². The van der Waals surface area contributed by atoms with E-state index in [0.29, 0.717) is 11.6 Å². The topological polar surface area (TPSA) is 38.9 Å². The van der Waals surface area contributed by atoms with E-state index in [-0.39, 0.29) is 0 Å². The van der Waals surface area contributed by atoms with E-state index in [1.54, 1.807) is 23.1 Å². The van der Waals surface area contributed by atoms with Gasteiger partial charge in [-0.05, 0) is 29.8 Å². The van der Waals surface area contributed by atoms with Crippen molar-refractivity contribution in [2.45, 2.75) is 15.8 Å². The van der Waals surface area contributed by atoms with E-state index in [0.717, 1.165) is 20.3 Å². The van der Waals surface area contributed by atoms with Crippen molar-refractivity contribution in [1.82, 2.24) is 4.98 Å². The van der Waals surface area contributed by atoms with E-state index in [4.69, 9.17) is 17.3 Å². The van der Waals surface area contributed by atoms with Gasteiger partial charge in [0, 0.05) is 16.5 Å². The summed E-state index contributed by atoms with van der Waals surface area (Å²) >= 11 is 9.48. The minimum atomic E-state index is 0.463. The van der Waals surface area contributed by atoms with Gasteiger partial charge in [0.05, 0.1) is 10.2 Å². The number of rotatable bonds is 3. The minimum Gasteiger partial charge on any atom is -0.326 e. The molecular weight excluding hydrogens is 296 g/mol. The van der Waals surface area contributed by atoms with Crippen LogP contribution in [0.1, 0.15) is 5.56 Å². The van der Waals surface area contributed by atoms with Gasteiger partial charge in [-0.1, -0.05) is 41.6 Å². The van der Waals surface area contributed by atoms with Gasteiger partial charge in [0.2, 0.25) is 0 Å². The molecule has 0 spiro atoms. The van der Waals surface area contributed by atoms with E-state index in [2.05, 4.69) is 11.1 Å². The van der Waals surface area contributed by atoms with Gasteiger partial charge in [-0.3, -0.25) is 0 Å². The van der Waals surface area contributed by atoms with Gasteiger partial charge >= 0.3 is 0 Å². The molecule has 19 heavy (non-hydrogen) atoms. The third-order valence-corrected chi connectivity index (χ3v) is 5.16. The Labute approximate surface area is 124 Å². The fourth-order valence-electron chi connectivity index (χ4n) is 1.75. The van der Waals surface area contributed by atoms with Crippen molar-refractivity contribution >= 4 is 44.9 Å². The second-order valence-electron chi connectivity index (χ2n) is 4.01. The highest BCUT2D eigenvalue weighted by atomic mass is 35.5. The van der Waals surface area contributed by atoms with Crippen molar-refractivity contribution in [2.75, 3.05) is 0 Å². The maximum absolute atomic E-state index is 6.16. The molecule has 0 atom stereocenters. The zero-order valence-electron chi connectivity index (χ0n) is 9.97. The third kappa shape index (κ3) is 2.77. The van der Waals surface area contributed by atoms with Gasteiger partial charge in [0.25, 0.3) is 0 Å². The standard InChI is InChI=1S/C14H11ClN2S2/c15-11-7-10(6-5-9(11)8-16)18-14-17-12-3-1-2-4-13(12)19-14/h1-7H,8,16H2. The summed E-state index contributed by atoms with van der Waals surface area (Å²) in [6.07, 6.45) is 0. The molecule has 0 fully saturated rings. The van der Waals surface area contributed by atoms with Crippen LogP contribution in [-0.4, -0.2) is 4.98 Å². The predicted octanol–water partition coefficient (Wildman–Crippen LogP) is 4.56. The molecule has 0 saturated carbocycles. The maximum atomic E-state index is 6.16. The second-order valence-corrected chi connectivity index (χ2v) is 6.77. The summed E-state index contributed by atoms with van der Waals surface area (Å²) in [5, 5.41) is 0.716. The van der Waals surface area contributed by atoms with Crippen molar-refractivity contribution in [3.8, 4) is 0 Å². The van der Waals surface area contributed by atoms with Gasteiger partial charge in [0.15, 0.2) is 4.34 Å². The molecule has 96 valence electrons. The first kappa shape index (κ1) is 12.9. The molecule has 0 unspecified atom stereocenters. The van der Waals surface area contributed by atoms with Crippen molar-refractivity contribution in [3.05, 3.63) is 53.1 Å². The second kappa shape index (κ2) is 5.51. The molecule has 0 aliphatic heterocycles. The average Bonchev–Trinajstić information content (AvgIpc) is 2.81. The van der Waals surface area contributed by atoms with Crippen LogP contribution in [0.2, 0.25) is 5.02 Å². The molecule has 1 heterocycles. The smallest absolute Gasteiger partial charge is 0.155 e. The van der Waals surface area contributed by atoms with Gasteiger partial charge in [-0.2, -0.15) is 0 Å². The fraction of sp³-hybridized carbons (Fsp3) is 0.0714. The van der Waals surface area contributed by atoms with Gasteiger partial charge in [-0.25, -0.2) is 4.98 Å². The van der Waals surface area contributed by atoms with Gasteiger partial charge in [-0.15, -0.1) is 11.3 Å². The molecule has 0 aliphatic carbocycles. The molecule has 2 nitrogen and oxygen atoms in total. The number of halogens is 1. The van der Waals surface area contributed by atoms with E-state index in [1.165, 1.54) is 4.70 Å². The summed E-state index contributed by atoms with van der Waals surface area (Å²) in [6, 6.07) is 14.1. The minimum absolute atomic E-state index is 0.463. The average molecular weight is 307 g/mol. The van der Waals surface area contributed by atoms with Crippen LogP contribution in [-0.2, 0) is 6.54 Å². The van der Waals surface area contributed by atoms with Crippen molar-refractivity contribution in [1.29, 1.82) is 0 Å². The number of hydrogen-bond acceptors (Lipinski definition) is 4. The lowest BCUT2D eigenvalue weighted by Gasteiger charge is -2.03. The highest BCUT2D eigenvalue weighted by Gasteiger charge is 2.06. The quantitative estimate of drug-likeness (QED) is 0.771. The summed E-state index contributed by atoms with van der Waals surface area (Å²) in [4.78, 5) is 5.68. The first-order chi connectivity index (χ1) is 9.26. The molecule has 3 rings (SSSR count). The van der Waals surface area contributed by atoms with Gasteiger partial charge in [0.1, 0.15) is 0 Å². The molecule has 2 N–H and O–H groups in total.